The van der Waals surface area contributed by atoms with Crippen molar-refractivity contribution in [2.45, 2.75) is 26.5 Å². The molecule has 0 aliphatic rings. The van der Waals surface area contributed by atoms with Gasteiger partial charge in [-0.15, -0.1) is 0 Å². The van der Waals surface area contributed by atoms with E-state index in [1.807, 2.05) is 48.7 Å². The van der Waals surface area contributed by atoms with Crippen molar-refractivity contribution >= 4 is 12.2 Å². The van der Waals surface area contributed by atoms with E-state index in [0.717, 1.165) is 18.1 Å². The molecule has 0 aliphatic heterocycles. The topological polar surface area (TPSA) is 42.8 Å². The van der Waals surface area contributed by atoms with Gasteiger partial charge in [0.25, 0.3) is 0 Å². The Balaban J connectivity index is 2.20. The number of para-hydroxylation sites is 1. The highest BCUT2D eigenvalue weighted by molar-refractivity contribution is 7.71. The van der Waals surface area contributed by atoms with Crippen LogP contribution in [0.5, 0.6) is 5.75 Å². The van der Waals surface area contributed by atoms with E-state index in [2.05, 4.69) is 10.2 Å². The fourth-order valence-electron chi connectivity index (χ4n) is 1.70. The van der Waals surface area contributed by atoms with Gasteiger partial charge in [0.15, 0.2) is 16.7 Å². The summed E-state index contributed by atoms with van der Waals surface area (Å²) in [5.74, 6) is 1.65. The normalized spacial score (nSPS) is 12.4. The summed E-state index contributed by atoms with van der Waals surface area (Å²) in [5, 5.41) is 6.99. The Labute approximate surface area is 105 Å². The molecule has 0 spiro atoms. The van der Waals surface area contributed by atoms with Crippen molar-refractivity contribution in [3.05, 3.63) is 40.9 Å². The Bertz CT molecular complexity index is 532. The zero-order valence-electron chi connectivity index (χ0n) is 9.88. The maximum atomic E-state index is 5.81. The van der Waals surface area contributed by atoms with Crippen molar-refractivity contribution in [1.82, 2.24) is 14.8 Å². The highest BCUT2D eigenvalue weighted by Crippen LogP contribution is 2.19. The molecule has 0 radical (unpaired) electrons. The van der Waals surface area contributed by atoms with Crippen LogP contribution in [0.1, 0.15) is 25.8 Å². The average molecular weight is 249 g/mol. The van der Waals surface area contributed by atoms with Gasteiger partial charge in [-0.1, -0.05) is 18.2 Å². The number of ether oxygens (including phenoxy) is 1. The highest BCUT2D eigenvalue weighted by atomic mass is 32.1. The van der Waals surface area contributed by atoms with Crippen LogP contribution in [0, 0.1) is 4.77 Å². The first-order valence-corrected chi connectivity index (χ1v) is 6.00. The van der Waals surface area contributed by atoms with Gasteiger partial charge in [0.05, 0.1) is 0 Å². The van der Waals surface area contributed by atoms with E-state index in [1.165, 1.54) is 0 Å². The zero-order chi connectivity index (χ0) is 12.3. The fraction of sp³-hybridized carbons (Fsp3) is 0.333. The summed E-state index contributed by atoms with van der Waals surface area (Å²) in [6.07, 6.45) is -0.134. The summed E-state index contributed by atoms with van der Waals surface area (Å²) in [6, 6.07) is 9.69. The van der Waals surface area contributed by atoms with Gasteiger partial charge in [0.1, 0.15) is 5.75 Å². The summed E-state index contributed by atoms with van der Waals surface area (Å²) in [7, 11) is 0. The molecule has 0 saturated heterocycles. The molecule has 1 heterocycles. The molecule has 1 aromatic carbocycles. The third-order valence-corrected chi connectivity index (χ3v) is 2.84. The molecule has 0 saturated carbocycles. The van der Waals surface area contributed by atoms with E-state index in [4.69, 9.17) is 17.0 Å². The van der Waals surface area contributed by atoms with Crippen LogP contribution >= 0.6 is 12.2 Å². The van der Waals surface area contributed by atoms with E-state index in [1.54, 1.807) is 0 Å². The summed E-state index contributed by atoms with van der Waals surface area (Å²) >= 11 is 5.15. The molecule has 90 valence electrons. The van der Waals surface area contributed by atoms with Crippen LogP contribution in [-0.4, -0.2) is 14.8 Å². The Morgan fingerprint density at radius 3 is 2.76 bits per heavy atom. The summed E-state index contributed by atoms with van der Waals surface area (Å²) < 4.78 is 8.37. The second-order valence-electron chi connectivity index (χ2n) is 3.70. The first-order valence-electron chi connectivity index (χ1n) is 5.59. The van der Waals surface area contributed by atoms with E-state index in [0.29, 0.717) is 4.77 Å². The molecule has 0 amide bonds. The van der Waals surface area contributed by atoms with Crippen LogP contribution in [0.15, 0.2) is 30.3 Å². The molecule has 2 rings (SSSR count). The molecule has 1 aromatic heterocycles. The summed E-state index contributed by atoms with van der Waals surface area (Å²) in [5.41, 5.74) is 0. The lowest BCUT2D eigenvalue weighted by Crippen LogP contribution is -2.11. The molecule has 0 bridgehead atoms. The SMILES string of the molecule is CCn1c([C@H](C)Oc2ccccc2)n[nH]c1=S. The smallest absolute Gasteiger partial charge is 0.195 e. The lowest BCUT2D eigenvalue weighted by molar-refractivity contribution is 0.210. The van der Waals surface area contributed by atoms with Crippen molar-refractivity contribution < 1.29 is 4.74 Å². The van der Waals surface area contributed by atoms with Gasteiger partial charge in [-0.2, -0.15) is 5.10 Å². The van der Waals surface area contributed by atoms with E-state index < -0.39 is 0 Å². The monoisotopic (exact) mass is 249 g/mol. The number of rotatable bonds is 4. The van der Waals surface area contributed by atoms with Gasteiger partial charge in [0.2, 0.25) is 0 Å². The minimum absolute atomic E-state index is 0.134. The van der Waals surface area contributed by atoms with Crippen LogP contribution in [0.4, 0.5) is 0 Å². The molecular weight excluding hydrogens is 234 g/mol. The van der Waals surface area contributed by atoms with Crippen LogP contribution in [0.3, 0.4) is 0 Å². The number of aromatic amines is 1. The predicted molar refractivity (Wildman–Crippen MR) is 68.6 cm³/mol. The Hall–Kier alpha value is -1.62. The Kier molecular flexibility index (Phi) is 3.58. The zero-order valence-corrected chi connectivity index (χ0v) is 10.7. The number of nitrogens with one attached hydrogen (secondary N) is 1. The van der Waals surface area contributed by atoms with Crippen LogP contribution in [0.2, 0.25) is 0 Å². The molecule has 17 heavy (non-hydrogen) atoms. The second kappa shape index (κ2) is 5.14. The minimum atomic E-state index is -0.134. The maximum Gasteiger partial charge on any atom is 0.195 e. The van der Waals surface area contributed by atoms with E-state index in [9.17, 15) is 0 Å². The van der Waals surface area contributed by atoms with Crippen LogP contribution in [0.25, 0.3) is 0 Å². The van der Waals surface area contributed by atoms with Gasteiger partial charge >= 0.3 is 0 Å². The maximum absolute atomic E-state index is 5.81. The largest absolute Gasteiger partial charge is 0.483 e. The third kappa shape index (κ3) is 2.55. The molecule has 4 nitrogen and oxygen atoms in total. The molecule has 0 unspecified atom stereocenters. The van der Waals surface area contributed by atoms with Crippen molar-refractivity contribution in [1.29, 1.82) is 0 Å². The van der Waals surface area contributed by atoms with Gasteiger partial charge in [-0.05, 0) is 38.2 Å². The number of benzene rings is 1. The molecule has 0 aliphatic carbocycles. The lowest BCUT2D eigenvalue weighted by Gasteiger charge is -2.14. The number of aromatic nitrogens is 3. The first-order chi connectivity index (χ1) is 8.22. The number of nitrogens with zero attached hydrogens (tertiary/aromatic N) is 2. The molecule has 1 N–H and O–H groups in total. The van der Waals surface area contributed by atoms with Crippen molar-refractivity contribution in [3.63, 3.8) is 0 Å². The molecule has 1 atom stereocenters. The van der Waals surface area contributed by atoms with Crippen molar-refractivity contribution in [2.24, 2.45) is 0 Å². The van der Waals surface area contributed by atoms with Gasteiger partial charge in [-0.25, -0.2) is 0 Å². The van der Waals surface area contributed by atoms with E-state index in [-0.39, 0.29) is 6.10 Å². The number of hydrogen-bond acceptors (Lipinski definition) is 3. The first kappa shape index (κ1) is 11.9. The quantitative estimate of drug-likeness (QED) is 0.847. The van der Waals surface area contributed by atoms with Gasteiger partial charge < -0.3 is 9.30 Å². The second-order valence-corrected chi connectivity index (χ2v) is 4.09. The molecular formula is C12H15N3OS. The van der Waals surface area contributed by atoms with Gasteiger partial charge in [0, 0.05) is 6.54 Å². The summed E-state index contributed by atoms with van der Waals surface area (Å²) in [4.78, 5) is 0. The van der Waals surface area contributed by atoms with E-state index >= 15 is 0 Å². The Morgan fingerprint density at radius 2 is 2.12 bits per heavy atom. The van der Waals surface area contributed by atoms with Crippen molar-refractivity contribution in [2.75, 3.05) is 0 Å². The highest BCUT2D eigenvalue weighted by Gasteiger charge is 2.14. The molecule has 2 aromatic rings. The number of H-pyrrole nitrogens is 1. The molecule has 5 heteroatoms. The minimum Gasteiger partial charge on any atom is -0.483 e. The standard InChI is InChI=1S/C12H15N3OS/c1-3-15-11(13-14-12(15)17)9(2)16-10-7-5-4-6-8-10/h4-9H,3H2,1-2H3,(H,14,17)/t9-/m0/s1. The molecule has 0 fully saturated rings. The Morgan fingerprint density at radius 1 is 1.41 bits per heavy atom. The van der Waals surface area contributed by atoms with Crippen LogP contribution in [-0.2, 0) is 6.54 Å². The fourth-order valence-corrected chi connectivity index (χ4v) is 1.97. The van der Waals surface area contributed by atoms with Crippen molar-refractivity contribution in [3.8, 4) is 5.75 Å². The third-order valence-electron chi connectivity index (χ3n) is 2.52. The summed E-state index contributed by atoms with van der Waals surface area (Å²) in [6.45, 7) is 4.78. The lowest BCUT2D eigenvalue weighted by atomic mass is 10.3. The van der Waals surface area contributed by atoms with Gasteiger partial charge in [-0.3, -0.25) is 5.10 Å². The number of hydrogen-bond donors (Lipinski definition) is 1. The predicted octanol–water partition coefficient (Wildman–Crippen LogP) is 3.10. The van der Waals surface area contributed by atoms with Crippen LogP contribution < -0.4 is 4.74 Å². The average Bonchev–Trinajstić information content (AvgIpc) is 2.71.